The summed E-state index contributed by atoms with van der Waals surface area (Å²) in [6, 6.07) is 10.8. The van der Waals surface area contributed by atoms with Gasteiger partial charge in [0.15, 0.2) is 0 Å². The summed E-state index contributed by atoms with van der Waals surface area (Å²) in [5.74, 6) is -0.915. The van der Waals surface area contributed by atoms with Gasteiger partial charge in [-0.25, -0.2) is 4.79 Å². The van der Waals surface area contributed by atoms with Crippen LogP contribution in [0.25, 0.3) is 0 Å². The van der Waals surface area contributed by atoms with Gasteiger partial charge in [0.05, 0.1) is 10.6 Å². The van der Waals surface area contributed by atoms with Crippen molar-refractivity contribution in [2.24, 2.45) is 0 Å². The standard InChI is InChI=1S/C15H13BrClNO2/c1-9-6-11(15(19)20)3-5-14(9)18-8-10-2-4-13(17)12(16)7-10/h2-7,18H,8H2,1H3,(H,19,20). The minimum atomic E-state index is -0.915. The number of anilines is 1. The highest BCUT2D eigenvalue weighted by Crippen LogP contribution is 2.24. The lowest BCUT2D eigenvalue weighted by molar-refractivity contribution is 0.0697. The van der Waals surface area contributed by atoms with Crippen molar-refractivity contribution in [2.75, 3.05) is 5.32 Å². The van der Waals surface area contributed by atoms with Gasteiger partial charge >= 0.3 is 5.97 Å². The highest BCUT2D eigenvalue weighted by Gasteiger charge is 2.06. The second-order valence-corrected chi connectivity index (χ2v) is 5.70. The van der Waals surface area contributed by atoms with E-state index in [1.165, 1.54) is 0 Å². The van der Waals surface area contributed by atoms with Gasteiger partial charge in [-0.3, -0.25) is 0 Å². The molecule has 0 aliphatic rings. The number of nitrogens with one attached hydrogen (secondary N) is 1. The minimum absolute atomic E-state index is 0.294. The van der Waals surface area contributed by atoms with E-state index in [0.717, 1.165) is 21.3 Å². The van der Waals surface area contributed by atoms with Crippen LogP contribution in [-0.4, -0.2) is 11.1 Å². The molecule has 2 aromatic rings. The van der Waals surface area contributed by atoms with E-state index in [0.29, 0.717) is 17.1 Å². The van der Waals surface area contributed by atoms with Gasteiger partial charge in [0.25, 0.3) is 0 Å². The number of halogens is 2. The summed E-state index contributed by atoms with van der Waals surface area (Å²) in [5.41, 5.74) is 3.20. The molecule has 0 atom stereocenters. The Hall–Kier alpha value is -1.52. The number of rotatable bonds is 4. The summed E-state index contributed by atoms with van der Waals surface area (Å²) < 4.78 is 0.858. The molecule has 0 radical (unpaired) electrons. The number of hydrogen-bond donors (Lipinski definition) is 2. The molecule has 0 aromatic heterocycles. The second kappa shape index (κ2) is 6.29. The average molecular weight is 355 g/mol. The van der Waals surface area contributed by atoms with E-state index in [-0.39, 0.29) is 0 Å². The van der Waals surface area contributed by atoms with Crippen LogP contribution in [0.4, 0.5) is 5.69 Å². The van der Waals surface area contributed by atoms with Gasteiger partial charge in [0.2, 0.25) is 0 Å². The van der Waals surface area contributed by atoms with Gasteiger partial charge in [-0.05, 0) is 64.3 Å². The molecule has 0 saturated heterocycles. The molecule has 20 heavy (non-hydrogen) atoms. The van der Waals surface area contributed by atoms with Crippen LogP contribution in [0.15, 0.2) is 40.9 Å². The van der Waals surface area contributed by atoms with Crippen LogP contribution in [0.1, 0.15) is 21.5 Å². The number of hydrogen-bond acceptors (Lipinski definition) is 2. The molecule has 0 unspecified atom stereocenters. The molecule has 104 valence electrons. The van der Waals surface area contributed by atoms with Gasteiger partial charge in [0.1, 0.15) is 0 Å². The zero-order chi connectivity index (χ0) is 14.7. The first kappa shape index (κ1) is 14.9. The molecule has 2 aromatic carbocycles. The van der Waals surface area contributed by atoms with Gasteiger partial charge in [-0.15, -0.1) is 0 Å². The molecular formula is C15H13BrClNO2. The van der Waals surface area contributed by atoms with Gasteiger partial charge in [-0.2, -0.15) is 0 Å². The van der Waals surface area contributed by atoms with Crippen LogP contribution < -0.4 is 5.32 Å². The first-order valence-electron chi connectivity index (χ1n) is 5.99. The van der Waals surface area contributed by atoms with Crippen LogP contribution in [0, 0.1) is 6.92 Å². The Morgan fingerprint density at radius 3 is 2.65 bits per heavy atom. The molecule has 2 rings (SSSR count). The lowest BCUT2D eigenvalue weighted by Gasteiger charge is -2.11. The lowest BCUT2D eigenvalue weighted by atomic mass is 10.1. The zero-order valence-electron chi connectivity index (χ0n) is 10.8. The monoisotopic (exact) mass is 353 g/mol. The second-order valence-electron chi connectivity index (χ2n) is 4.44. The summed E-state index contributed by atoms with van der Waals surface area (Å²) >= 11 is 9.33. The summed E-state index contributed by atoms with van der Waals surface area (Å²) in [4.78, 5) is 10.9. The summed E-state index contributed by atoms with van der Waals surface area (Å²) in [7, 11) is 0. The third-order valence-electron chi connectivity index (χ3n) is 2.94. The van der Waals surface area contributed by atoms with Crippen molar-refractivity contribution < 1.29 is 9.90 Å². The van der Waals surface area contributed by atoms with E-state index >= 15 is 0 Å². The first-order valence-corrected chi connectivity index (χ1v) is 7.16. The molecule has 0 bridgehead atoms. The average Bonchev–Trinajstić information content (AvgIpc) is 2.41. The smallest absolute Gasteiger partial charge is 0.335 e. The Labute approximate surface area is 130 Å². The number of carboxylic acid groups (broad SMARTS) is 1. The molecule has 5 heteroatoms. The van der Waals surface area contributed by atoms with Crippen molar-refractivity contribution in [3.05, 3.63) is 62.6 Å². The molecule has 0 saturated carbocycles. The molecule has 3 nitrogen and oxygen atoms in total. The maximum absolute atomic E-state index is 10.9. The highest BCUT2D eigenvalue weighted by atomic mass is 79.9. The fourth-order valence-corrected chi connectivity index (χ4v) is 2.39. The number of carbonyl (C=O) groups is 1. The van der Waals surface area contributed by atoms with Crippen LogP contribution in [-0.2, 0) is 6.54 Å². The van der Waals surface area contributed by atoms with E-state index < -0.39 is 5.97 Å². The van der Waals surface area contributed by atoms with Crippen LogP contribution in [0.2, 0.25) is 5.02 Å². The molecule has 0 amide bonds. The largest absolute Gasteiger partial charge is 0.478 e. The Bertz CT molecular complexity index is 658. The normalized spacial score (nSPS) is 10.3. The molecule has 0 aliphatic heterocycles. The Kier molecular flexibility index (Phi) is 4.68. The Morgan fingerprint density at radius 2 is 2.05 bits per heavy atom. The van der Waals surface area contributed by atoms with Gasteiger partial charge in [0, 0.05) is 16.7 Å². The molecule has 0 heterocycles. The van der Waals surface area contributed by atoms with E-state index in [2.05, 4.69) is 21.2 Å². The third-order valence-corrected chi connectivity index (χ3v) is 4.15. The van der Waals surface area contributed by atoms with Crippen molar-refractivity contribution in [1.29, 1.82) is 0 Å². The molecule has 0 spiro atoms. The van der Waals surface area contributed by atoms with Gasteiger partial charge in [-0.1, -0.05) is 17.7 Å². The fourth-order valence-electron chi connectivity index (χ4n) is 1.84. The number of aromatic carboxylic acids is 1. The first-order chi connectivity index (χ1) is 9.47. The Balaban J connectivity index is 2.10. The van der Waals surface area contributed by atoms with Crippen molar-refractivity contribution in [3.8, 4) is 0 Å². The van der Waals surface area contributed by atoms with Gasteiger partial charge < -0.3 is 10.4 Å². The third kappa shape index (κ3) is 3.52. The Morgan fingerprint density at radius 1 is 1.30 bits per heavy atom. The van der Waals surface area contributed by atoms with Crippen LogP contribution in [0.5, 0.6) is 0 Å². The minimum Gasteiger partial charge on any atom is -0.478 e. The topological polar surface area (TPSA) is 49.3 Å². The SMILES string of the molecule is Cc1cc(C(=O)O)ccc1NCc1ccc(Cl)c(Br)c1. The summed E-state index contributed by atoms with van der Waals surface area (Å²) in [6.07, 6.45) is 0. The van der Waals surface area contributed by atoms with E-state index in [9.17, 15) is 4.79 Å². The van der Waals surface area contributed by atoms with E-state index in [1.807, 2.05) is 25.1 Å². The van der Waals surface area contributed by atoms with Crippen LogP contribution in [0.3, 0.4) is 0 Å². The van der Waals surface area contributed by atoms with Crippen molar-refractivity contribution in [3.63, 3.8) is 0 Å². The molecular weight excluding hydrogens is 342 g/mol. The van der Waals surface area contributed by atoms with E-state index in [4.69, 9.17) is 16.7 Å². The fraction of sp³-hybridized carbons (Fsp3) is 0.133. The maximum Gasteiger partial charge on any atom is 0.335 e. The van der Waals surface area contributed by atoms with Crippen molar-refractivity contribution >= 4 is 39.2 Å². The van der Waals surface area contributed by atoms with Crippen molar-refractivity contribution in [1.82, 2.24) is 0 Å². The summed E-state index contributed by atoms with van der Waals surface area (Å²) in [6.45, 7) is 2.52. The predicted molar refractivity (Wildman–Crippen MR) is 84.6 cm³/mol. The highest BCUT2D eigenvalue weighted by molar-refractivity contribution is 9.10. The molecule has 0 aliphatic carbocycles. The van der Waals surface area contributed by atoms with E-state index in [1.54, 1.807) is 18.2 Å². The van der Waals surface area contributed by atoms with Crippen LogP contribution >= 0.6 is 27.5 Å². The molecule has 0 fully saturated rings. The quantitative estimate of drug-likeness (QED) is 0.835. The number of aryl methyl sites for hydroxylation is 1. The number of carboxylic acids is 1. The number of benzene rings is 2. The lowest BCUT2D eigenvalue weighted by Crippen LogP contribution is -2.03. The summed E-state index contributed by atoms with van der Waals surface area (Å²) in [5, 5.41) is 12.9. The van der Waals surface area contributed by atoms with Crippen molar-refractivity contribution in [2.45, 2.75) is 13.5 Å². The molecule has 2 N–H and O–H groups in total. The maximum atomic E-state index is 10.9. The predicted octanol–water partition coefficient (Wildman–Crippen LogP) is 4.72. The zero-order valence-corrected chi connectivity index (χ0v) is 13.1.